The number of carboxylic acid groups (broad SMARTS) is 1. The van der Waals surface area contributed by atoms with Gasteiger partial charge < -0.3 is 9.84 Å². The highest BCUT2D eigenvalue weighted by atomic mass is 79.9. The maximum Gasteiger partial charge on any atom is 0.306 e. The van der Waals surface area contributed by atoms with Crippen LogP contribution < -0.4 is 0 Å². The molecule has 116 valence electrons. The minimum atomic E-state index is -0.888. The second-order valence-electron chi connectivity index (χ2n) is 5.99. The summed E-state index contributed by atoms with van der Waals surface area (Å²) >= 11 is 3.34. The fourth-order valence-electron chi connectivity index (χ4n) is 1.90. The van der Waals surface area contributed by atoms with Gasteiger partial charge in [0.1, 0.15) is 5.60 Å². The van der Waals surface area contributed by atoms with Crippen molar-refractivity contribution in [1.29, 1.82) is 0 Å². The van der Waals surface area contributed by atoms with Crippen LogP contribution in [0.5, 0.6) is 0 Å². The van der Waals surface area contributed by atoms with Crippen LogP contribution in [0.1, 0.15) is 39.2 Å². The van der Waals surface area contributed by atoms with Gasteiger partial charge in [-0.3, -0.25) is 9.59 Å². The number of ether oxygens (including phenoxy) is 1. The van der Waals surface area contributed by atoms with E-state index in [1.807, 2.05) is 24.3 Å². The lowest BCUT2D eigenvalue weighted by Crippen LogP contribution is -2.25. The number of hydrogen-bond acceptors (Lipinski definition) is 3. The summed E-state index contributed by atoms with van der Waals surface area (Å²) in [4.78, 5) is 23.0. The molecule has 1 aromatic carbocycles. The predicted octanol–water partition coefficient (Wildman–Crippen LogP) is 3.81. The molecule has 0 amide bonds. The second-order valence-corrected chi connectivity index (χ2v) is 6.91. The maximum atomic E-state index is 11.7. The van der Waals surface area contributed by atoms with Crippen LogP contribution in [0.15, 0.2) is 28.7 Å². The number of carbonyl (C=O) groups excluding carboxylic acids is 1. The van der Waals surface area contributed by atoms with Gasteiger partial charge in [0.2, 0.25) is 0 Å². The lowest BCUT2D eigenvalue weighted by atomic mass is 9.95. The van der Waals surface area contributed by atoms with Crippen LogP contribution in [-0.4, -0.2) is 22.6 Å². The molecular formula is C16H21BrO4. The highest BCUT2D eigenvalue weighted by Crippen LogP contribution is 2.18. The van der Waals surface area contributed by atoms with Gasteiger partial charge in [-0.2, -0.15) is 0 Å². The largest absolute Gasteiger partial charge is 0.481 e. The van der Waals surface area contributed by atoms with Crippen molar-refractivity contribution in [3.8, 4) is 0 Å². The van der Waals surface area contributed by atoms with Crippen LogP contribution in [0.4, 0.5) is 0 Å². The number of benzene rings is 1. The van der Waals surface area contributed by atoms with E-state index >= 15 is 0 Å². The first-order valence-electron chi connectivity index (χ1n) is 6.86. The Labute approximate surface area is 133 Å². The lowest BCUT2D eigenvalue weighted by Gasteiger charge is -2.20. The molecule has 4 nitrogen and oxygen atoms in total. The van der Waals surface area contributed by atoms with E-state index < -0.39 is 17.5 Å². The van der Waals surface area contributed by atoms with Gasteiger partial charge >= 0.3 is 11.9 Å². The molecule has 0 aliphatic heterocycles. The van der Waals surface area contributed by atoms with Gasteiger partial charge in [0.25, 0.3) is 0 Å². The van der Waals surface area contributed by atoms with Crippen LogP contribution in [0, 0.1) is 5.92 Å². The fraction of sp³-hybridized carbons (Fsp3) is 0.500. The Kier molecular flexibility index (Phi) is 6.40. The van der Waals surface area contributed by atoms with Gasteiger partial charge in [-0.25, -0.2) is 0 Å². The molecule has 0 aliphatic carbocycles. The van der Waals surface area contributed by atoms with E-state index in [0.717, 1.165) is 10.0 Å². The third kappa shape index (κ3) is 7.27. The number of aliphatic carboxylic acids is 1. The van der Waals surface area contributed by atoms with Gasteiger partial charge in [0.05, 0.1) is 5.92 Å². The first-order chi connectivity index (χ1) is 9.67. The molecule has 0 saturated heterocycles. The summed E-state index contributed by atoms with van der Waals surface area (Å²) in [7, 11) is 0. The normalized spacial score (nSPS) is 12.8. The highest BCUT2D eigenvalue weighted by molar-refractivity contribution is 9.10. The van der Waals surface area contributed by atoms with Crippen molar-refractivity contribution in [3.63, 3.8) is 0 Å². The van der Waals surface area contributed by atoms with Crippen LogP contribution in [0.25, 0.3) is 0 Å². The molecule has 0 bridgehead atoms. The summed E-state index contributed by atoms with van der Waals surface area (Å²) in [5, 5.41) is 9.27. The van der Waals surface area contributed by atoms with E-state index in [1.54, 1.807) is 20.8 Å². The number of esters is 1. The molecule has 0 fully saturated rings. The molecule has 0 radical (unpaired) electrons. The fourth-order valence-corrected chi connectivity index (χ4v) is 2.17. The third-order valence-corrected chi connectivity index (χ3v) is 3.39. The Morgan fingerprint density at radius 1 is 1.24 bits per heavy atom. The number of carbonyl (C=O) groups is 2. The highest BCUT2D eigenvalue weighted by Gasteiger charge is 2.22. The topological polar surface area (TPSA) is 63.6 Å². The molecule has 0 spiro atoms. The Morgan fingerprint density at radius 2 is 1.81 bits per heavy atom. The minimum Gasteiger partial charge on any atom is -0.481 e. The standard InChI is InChI=1S/C16H21BrO4/c1-16(2,3)21-14(18)9-6-12(15(19)20)10-11-4-7-13(17)8-5-11/h4-5,7-8,12H,6,9-10H2,1-3H3,(H,19,20). The summed E-state index contributed by atoms with van der Waals surface area (Å²) in [6.07, 6.45) is 0.802. The SMILES string of the molecule is CC(C)(C)OC(=O)CCC(Cc1ccc(Br)cc1)C(=O)O. The number of hydrogen-bond donors (Lipinski definition) is 1. The van der Waals surface area contributed by atoms with Gasteiger partial charge in [-0.05, 0) is 51.3 Å². The van der Waals surface area contributed by atoms with Crippen LogP contribution in [0.3, 0.4) is 0 Å². The molecule has 5 heteroatoms. The predicted molar refractivity (Wildman–Crippen MR) is 84.1 cm³/mol. The van der Waals surface area contributed by atoms with Crippen molar-refractivity contribution in [2.45, 2.75) is 45.6 Å². The molecule has 0 aliphatic rings. The van der Waals surface area contributed by atoms with Crippen molar-refractivity contribution in [2.75, 3.05) is 0 Å². The third-order valence-electron chi connectivity index (χ3n) is 2.86. The molecule has 0 aromatic heterocycles. The Bertz CT molecular complexity index is 488. The zero-order chi connectivity index (χ0) is 16.0. The van der Waals surface area contributed by atoms with E-state index in [4.69, 9.17) is 4.74 Å². The molecule has 0 saturated carbocycles. The first-order valence-corrected chi connectivity index (χ1v) is 7.66. The van der Waals surface area contributed by atoms with Gasteiger partial charge in [0, 0.05) is 10.9 Å². The molecule has 1 atom stereocenters. The summed E-state index contributed by atoms with van der Waals surface area (Å²) in [6.45, 7) is 5.38. The quantitative estimate of drug-likeness (QED) is 0.787. The van der Waals surface area contributed by atoms with Gasteiger partial charge in [-0.15, -0.1) is 0 Å². The summed E-state index contributed by atoms with van der Waals surface area (Å²) < 4.78 is 6.15. The molecule has 1 N–H and O–H groups in total. The molecule has 21 heavy (non-hydrogen) atoms. The lowest BCUT2D eigenvalue weighted by molar-refractivity contribution is -0.155. The smallest absolute Gasteiger partial charge is 0.306 e. The first kappa shape index (κ1) is 17.7. The minimum absolute atomic E-state index is 0.116. The van der Waals surface area contributed by atoms with Crippen molar-refractivity contribution in [1.82, 2.24) is 0 Å². The Morgan fingerprint density at radius 3 is 2.29 bits per heavy atom. The van der Waals surface area contributed by atoms with Crippen molar-refractivity contribution >= 4 is 27.9 Å². The summed E-state index contributed by atoms with van der Waals surface area (Å²) in [5.74, 6) is -1.83. The van der Waals surface area contributed by atoms with E-state index in [9.17, 15) is 14.7 Å². The van der Waals surface area contributed by atoms with E-state index in [0.29, 0.717) is 6.42 Å². The van der Waals surface area contributed by atoms with Gasteiger partial charge in [-0.1, -0.05) is 28.1 Å². The molecule has 1 unspecified atom stereocenters. The average molecular weight is 357 g/mol. The summed E-state index contributed by atoms with van der Waals surface area (Å²) in [5.41, 5.74) is 0.399. The number of rotatable bonds is 6. The van der Waals surface area contributed by atoms with Crippen LogP contribution in [0.2, 0.25) is 0 Å². The zero-order valence-corrected chi connectivity index (χ0v) is 14.1. The van der Waals surface area contributed by atoms with Crippen molar-refractivity contribution in [2.24, 2.45) is 5.92 Å². The van der Waals surface area contributed by atoms with E-state index in [-0.39, 0.29) is 18.8 Å². The Hall–Kier alpha value is -1.36. The Balaban J connectivity index is 2.56. The van der Waals surface area contributed by atoms with Crippen LogP contribution in [-0.2, 0) is 20.7 Å². The number of halogens is 1. The molecule has 1 aromatic rings. The molecule has 0 heterocycles. The molecule has 1 rings (SSSR count). The zero-order valence-electron chi connectivity index (χ0n) is 12.6. The average Bonchev–Trinajstić information content (AvgIpc) is 2.34. The van der Waals surface area contributed by atoms with Gasteiger partial charge in [0.15, 0.2) is 0 Å². The summed E-state index contributed by atoms with van der Waals surface area (Å²) in [6, 6.07) is 7.52. The van der Waals surface area contributed by atoms with E-state index in [1.165, 1.54) is 0 Å². The number of carboxylic acids is 1. The molecular weight excluding hydrogens is 336 g/mol. The van der Waals surface area contributed by atoms with Crippen LogP contribution >= 0.6 is 15.9 Å². The second kappa shape index (κ2) is 7.59. The maximum absolute atomic E-state index is 11.7. The monoisotopic (exact) mass is 356 g/mol. The van der Waals surface area contributed by atoms with Crippen molar-refractivity contribution in [3.05, 3.63) is 34.3 Å². The van der Waals surface area contributed by atoms with E-state index in [2.05, 4.69) is 15.9 Å². The van der Waals surface area contributed by atoms with Crippen molar-refractivity contribution < 1.29 is 19.4 Å².